The fourth-order valence-electron chi connectivity index (χ4n) is 2.22. The Morgan fingerprint density at radius 2 is 2.05 bits per heavy atom. The highest BCUT2D eigenvalue weighted by atomic mass is 16.9. The second-order valence-corrected chi connectivity index (χ2v) is 4.45. The van der Waals surface area contributed by atoms with Gasteiger partial charge in [0.25, 0.3) is 0 Å². The van der Waals surface area contributed by atoms with Gasteiger partial charge >= 0.3 is 0 Å². The molecule has 0 saturated carbocycles. The van der Waals surface area contributed by atoms with E-state index >= 15 is 0 Å². The number of hydrogen-bond donors (Lipinski definition) is 0. The van der Waals surface area contributed by atoms with Gasteiger partial charge in [-0.05, 0) is 24.6 Å². The SMILES string of the molecule is CCO[C@@H]1C[C@H](c2ccc(OC)cc2)C(C)=[N+]([O-])O1. The van der Waals surface area contributed by atoms with Crippen molar-refractivity contribution < 1.29 is 19.2 Å². The maximum Gasteiger partial charge on any atom is 0.226 e. The summed E-state index contributed by atoms with van der Waals surface area (Å²) in [5.74, 6) is 0.808. The average molecular weight is 265 g/mol. The average Bonchev–Trinajstić information content (AvgIpc) is 2.43. The molecule has 1 aliphatic rings. The standard InChI is InChI=1S/C14H19NO4/c1-4-18-14-9-13(10(2)15(16)19-14)11-5-7-12(17-3)8-6-11/h5-8,13-14H,4,9H2,1-3H3/t13-,14-/m0/s1. The summed E-state index contributed by atoms with van der Waals surface area (Å²) in [6.07, 6.45) is 0.156. The van der Waals surface area contributed by atoms with Crippen LogP contribution in [0.4, 0.5) is 0 Å². The van der Waals surface area contributed by atoms with Gasteiger partial charge in [-0.25, -0.2) is 0 Å². The van der Waals surface area contributed by atoms with Crippen molar-refractivity contribution in [1.82, 2.24) is 0 Å². The van der Waals surface area contributed by atoms with E-state index in [9.17, 15) is 5.21 Å². The van der Waals surface area contributed by atoms with E-state index in [1.807, 2.05) is 31.2 Å². The second kappa shape index (κ2) is 5.93. The van der Waals surface area contributed by atoms with Crippen molar-refractivity contribution in [3.8, 4) is 5.75 Å². The third-order valence-corrected chi connectivity index (χ3v) is 3.30. The van der Waals surface area contributed by atoms with Gasteiger partial charge in [0.2, 0.25) is 5.71 Å². The molecule has 0 amide bonds. The Morgan fingerprint density at radius 1 is 1.37 bits per heavy atom. The lowest BCUT2D eigenvalue weighted by atomic mass is 9.91. The van der Waals surface area contributed by atoms with E-state index in [0.29, 0.717) is 23.6 Å². The molecule has 0 saturated heterocycles. The van der Waals surface area contributed by atoms with Crippen LogP contribution in [0.3, 0.4) is 0 Å². The van der Waals surface area contributed by atoms with Crippen molar-refractivity contribution in [2.75, 3.05) is 13.7 Å². The van der Waals surface area contributed by atoms with Crippen molar-refractivity contribution >= 4 is 5.71 Å². The largest absolute Gasteiger partial charge is 0.497 e. The van der Waals surface area contributed by atoms with Crippen LogP contribution >= 0.6 is 0 Å². The van der Waals surface area contributed by atoms with Crippen LogP contribution in [0.5, 0.6) is 5.75 Å². The molecule has 0 N–H and O–H groups in total. The van der Waals surface area contributed by atoms with E-state index in [1.165, 1.54) is 0 Å². The summed E-state index contributed by atoms with van der Waals surface area (Å²) in [7, 11) is 1.63. The lowest BCUT2D eigenvalue weighted by molar-refractivity contribution is -0.772. The van der Waals surface area contributed by atoms with Crippen molar-refractivity contribution in [2.45, 2.75) is 32.5 Å². The summed E-state index contributed by atoms with van der Waals surface area (Å²) in [5.41, 5.74) is 1.70. The number of ether oxygens (including phenoxy) is 2. The minimum atomic E-state index is -0.488. The topological polar surface area (TPSA) is 53.8 Å². The molecular weight excluding hydrogens is 246 g/mol. The molecule has 0 spiro atoms. The molecule has 0 unspecified atom stereocenters. The third kappa shape index (κ3) is 2.98. The minimum Gasteiger partial charge on any atom is -0.497 e. The molecule has 2 rings (SSSR count). The molecule has 5 nitrogen and oxygen atoms in total. The van der Waals surface area contributed by atoms with Gasteiger partial charge in [0, 0.05) is 24.9 Å². The van der Waals surface area contributed by atoms with Crippen molar-refractivity contribution in [3.63, 3.8) is 0 Å². The molecule has 1 aliphatic heterocycles. The Labute approximate surface area is 112 Å². The summed E-state index contributed by atoms with van der Waals surface area (Å²) < 4.78 is 10.5. The third-order valence-electron chi connectivity index (χ3n) is 3.30. The molecule has 0 aromatic heterocycles. The molecule has 0 fully saturated rings. The highest BCUT2D eigenvalue weighted by molar-refractivity contribution is 5.84. The summed E-state index contributed by atoms with van der Waals surface area (Å²) >= 11 is 0. The van der Waals surface area contributed by atoms with E-state index in [4.69, 9.17) is 14.3 Å². The van der Waals surface area contributed by atoms with Crippen molar-refractivity contribution in [2.24, 2.45) is 0 Å². The zero-order valence-electron chi connectivity index (χ0n) is 11.5. The number of nitrogens with zero attached hydrogens (tertiary/aromatic N) is 1. The van der Waals surface area contributed by atoms with Crippen molar-refractivity contribution in [1.29, 1.82) is 0 Å². The van der Waals surface area contributed by atoms with E-state index < -0.39 is 6.29 Å². The number of rotatable bonds is 4. The lowest BCUT2D eigenvalue weighted by Gasteiger charge is -2.29. The summed E-state index contributed by atoms with van der Waals surface area (Å²) in [6.45, 7) is 4.18. The van der Waals surface area contributed by atoms with Crippen LogP contribution < -0.4 is 4.74 Å². The summed E-state index contributed by atoms with van der Waals surface area (Å²) in [5, 5.41) is 11.7. The van der Waals surface area contributed by atoms with Crippen LogP contribution in [0, 0.1) is 5.21 Å². The maximum absolute atomic E-state index is 11.7. The first kappa shape index (κ1) is 13.7. The predicted molar refractivity (Wildman–Crippen MR) is 71.2 cm³/mol. The van der Waals surface area contributed by atoms with Gasteiger partial charge in [-0.2, -0.15) is 0 Å². The first-order valence-electron chi connectivity index (χ1n) is 6.38. The maximum atomic E-state index is 11.7. The first-order valence-corrected chi connectivity index (χ1v) is 6.38. The summed E-state index contributed by atoms with van der Waals surface area (Å²) in [4.78, 5) is 5.70. The van der Waals surface area contributed by atoms with Gasteiger partial charge in [0.15, 0.2) is 6.29 Å². The Balaban J connectivity index is 2.23. The van der Waals surface area contributed by atoms with Crippen LogP contribution in [0.2, 0.25) is 0 Å². The Bertz CT molecular complexity index is 455. The first-order chi connectivity index (χ1) is 9.15. The van der Waals surface area contributed by atoms with Crippen LogP contribution in [0.15, 0.2) is 24.3 Å². The normalized spacial score (nSPS) is 23.1. The van der Waals surface area contributed by atoms with Crippen LogP contribution in [-0.4, -0.2) is 30.6 Å². The van der Waals surface area contributed by atoms with E-state index in [1.54, 1.807) is 14.0 Å². The fraction of sp³-hybridized carbons (Fsp3) is 0.500. The number of methoxy groups -OCH3 is 1. The molecule has 104 valence electrons. The van der Waals surface area contributed by atoms with E-state index in [0.717, 1.165) is 11.3 Å². The van der Waals surface area contributed by atoms with E-state index in [2.05, 4.69) is 0 Å². The fourth-order valence-corrected chi connectivity index (χ4v) is 2.22. The van der Waals surface area contributed by atoms with E-state index in [-0.39, 0.29) is 5.92 Å². The van der Waals surface area contributed by atoms with Gasteiger partial charge in [-0.15, -0.1) is 0 Å². The van der Waals surface area contributed by atoms with Gasteiger partial charge in [-0.3, -0.25) is 5.21 Å². The van der Waals surface area contributed by atoms with Crippen LogP contribution in [-0.2, 0) is 9.57 Å². The molecule has 0 bridgehead atoms. The van der Waals surface area contributed by atoms with Gasteiger partial charge in [-0.1, -0.05) is 12.1 Å². The molecular formula is C14H19NO4. The van der Waals surface area contributed by atoms with Gasteiger partial charge in [0.1, 0.15) is 5.75 Å². The molecule has 2 atom stereocenters. The molecule has 1 aromatic rings. The Hall–Kier alpha value is -1.75. The molecule has 19 heavy (non-hydrogen) atoms. The smallest absolute Gasteiger partial charge is 0.226 e. The summed E-state index contributed by atoms with van der Waals surface area (Å²) in [6, 6.07) is 7.72. The molecule has 1 heterocycles. The predicted octanol–water partition coefficient (Wildman–Crippen LogP) is 2.45. The Morgan fingerprint density at radius 3 is 2.63 bits per heavy atom. The molecule has 0 radical (unpaired) electrons. The zero-order chi connectivity index (χ0) is 13.8. The van der Waals surface area contributed by atoms with Crippen LogP contribution in [0.1, 0.15) is 31.7 Å². The molecule has 1 aromatic carbocycles. The van der Waals surface area contributed by atoms with Gasteiger partial charge in [0.05, 0.1) is 13.0 Å². The minimum absolute atomic E-state index is 0.00806. The second-order valence-electron chi connectivity index (χ2n) is 4.45. The number of benzene rings is 1. The quantitative estimate of drug-likeness (QED) is 0.785. The molecule has 0 aliphatic carbocycles. The van der Waals surface area contributed by atoms with Crippen LogP contribution in [0.25, 0.3) is 0 Å². The van der Waals surface area contributed by atoms with Crippen molar-refractivity contribution in [3.05, 3.63) is 35.0 Å². The zero-order valence-corrected chi connectivity index (χ0v) is 11.5. The number of hydrogen-bond acceptors (Lipinski definition) is 4. The highest BCUT2D eigenvalue weighted by Gasteiger charge is 2.32. The lowest BCUT2D eigenvalue weighted by Crippen LogP contribution is -2.35. The molecule has 5 heteroatoms. The Kier molecular flexibility index (Phi) is 4.27. The van der Waals surface area contributed by atoms with Gasteiger partial charge < -0.3 is 14.3 Å². The highest BCUT2D eigenvalue weighted by Crippen LogP contribution is 2.29. The monoisotopic (exact) mass is 265 g/mol.